The predicted molar refractivity (Wildman–Crippen MR) is 139 cm³/mol. The van der Waals surface area contributed by atoms with Gasteiger partial charge in [-0.3, -0.25) is 0 Å². The Morgan fingerprint density at radius 2 is 1.89 bits per heavy atom. The van der Waals surface area contributed by atoms with Crippen molar-refractivity contribution in [2.45, 2.75) is 95.9 Å². The highest BCUT2D eigenvalue weighted by Crippen LogP contribution is 2.69. The molecule has 188 valence electrons. The summed E-state index contributed by atoms with van der Waals surface area (Å²) in [5.74, 6) is 3.80. The highest BCUT2D eigenvalue weighted by Gasteiger charge is 2.67. The van der Waals surface area contributed by atoms with Gasteiger partial charge in [0, 0.05) is 6.42 Å². The summed E-state index contributed by atoms with van der Waals surface area (Å²) >= 11 is 0. The number of hydrogen-bond acceptors (Lipinski definition) is 3. The largest absolute Gasteiger partial charge is 0.489 e. The summed E-state index contributed by atoms with van der Waals surface area (Å²) in [6, 6.07) is 17.3. The van der Waals surface area contributed by atoms with E-state index in [0.717, 1.165) is 44.3 Å². The van der Waals surface area contributed by atoms with E-state index in [0.29, 0.717) is 42.6 Å². The maximum Gasteiger partial charge on any atom is 0.120 e. The molecule has 3 heteroatoms. The van der Waals surface area contributed by atoms with E-state index in [9.17, 15) is 10.2 Å². The smallest absolute Gasteiger partial charge is 0.120 e. The van der Waals surface area contributed by atoms with Gasteiger partial charge in [0.15, 0.2) is 0 Å². The lowest BCUT2D eigenvalue weighted by molar-refractivity contribution is -0.160. The Hall–Kier alpha value is -1.84. The molecule has 0 bridgehead atoms. The Morgan fingerprint density at radius 3 is 2.69 bits per heavy atom. The van der Waals surface area contributed by atoms with Crippen LogP contribution in [0.15, 0.2) is 48.5 Å². The molecule has 8 atom stereocenters. The molecule has 0 spiro atoms. The molecule has 0 aliphatic heterocycles. The number of fused-ring (bicyclic) bond motifs is 7. The molecule has 0 radical (unpaired) electrons. The predicted octanol–water partition coefficient (Wildman–Crippen LogP) is 6.65. The molecule has 8 unspecified atom stereocenters. The topological polar surface area (TPSA) is 49.7 Å². The van der Waals surface area contributed by atoms with Gasteiger partial charge in [-0.2, -0.15) is 0 Å². The van der Waals surface area contributed by atoms with Gasteiger partial charge in [-0.05, 0) is 102 Å². The van der Waals surface area contributed by atoms with Crippen molar-refractivity contribution < 1.29 is 14.9 Å². The van der Waals surface area contributed by atoms with Crippen LogP contribution in [0.4, 0.5) is 0 Å². The third kappa shape index (κ3) is 3.76. The Balaban J connectivity index is 1.29. The van der Waals surface area contributed by atoms with Gasteiger partial charge in [0.1, 0.15) is 12.4 Å². The zero-order chi connectivity index (χ0) is 24.2. The van der Waals surface area contributed by atoms with Crippen molar-refractivity contribution in [2.24, 2.45) is 29.1 Å². The molecule has 35 heavy (non-hydrogen) atoms. The van der Waals surface area contributed by atoms with Crippen LogP contribution in [-0.2, 0) is 13.0 Å². The maximum absolute atomic E-state index is 12.1. The maximum atomic E-state index is 12.1. The van der Waals surface area contributed by atoms with Gasteiger partial charge in [-0.15, -0.1) is 0 Å². The number of rotatable bonds is 5. The minimum Gasteiger partial charge on any atom is -0.489 e. The molecule has 3 saturated carbocycles. The van der Waals surface area contributed by atoms with Crippen LogP contribution in [0, 0.1) is 29.1 Å². The summed E-state index contributed by atoms with van der Waals surface area (Å²) in [6.07, 6.45) is 9.06. The number of aliphatic hydroxyl groups is 2. The van der Waals surface area contributed by atoms with Crippen molar-refractivity contribution in [3.8, 4) is 5.75 Å². The Morgan fingerprint density at radius 1 is 1.06 bits per heavy atom. The van der Waals surface area contributed by atoms with Gasteiger partial charge < -0.3 is 14.9 Å². The van der Waals surface area contributed by atoms with E-state index in [4.69, 9.17) is 4.74 Å². The van der Waals surface area contributed by atoms with Crippen LogP contribution < -0.4 is 4.74 Å². The molecule has 6 rings (SSSR count). The van der Waals surface area contributed by atoms with Gasteiger partial charge in [-0.25, -0.2) is 0 Å². The second-order valence-electron chi connectivity index (χ2n) is 12.4. The van der Waals surface area contributed by atoms with Crippen LogP contribution >= 0.6 is 0 Å². The minimum absolute atomic E-state index is 0.0670. The van der Waals surface area contributed by atoms with Crippen molar-refractivity contribution in [3.05, 3.63) is 65.2 Å². The first-order valence-electron chi connectivity index (χ1n) is 14.1. The fourth-order valence-corrected chi connectivity index (χ4v) is 9.13. The number of aliphatic hydroxyl groups excluding tert-OH is 1. The van der Waals surface area contributed by atoms with Crippen LogP contribution in [0.1, 0.15) is 87.8 Å². The molecule has 3 nitrogen and oxygen atoms in total. The molecule has 0 amide bonds. The van der Waals surface area contributed by atoms with Crippen molar-refractivity contribution in [1.82, 2.24) is 0 Å². The average molecular weight is 475 g/mol. The summed E-state index contributed by atoms with van der Waals surface area (Å²) in [4.78, 5) is 0. The highest BCUT2D eigenvalue weighted by atomic mass is 16.5. The zero-order valence-electron chi connectivity index (χ0n) is 21.5. The number of hydrogen-bond donors (Lipinski definition) is 2. The summed E-state index contributed by atoms with van der Waals surface area (Å²) in [7, 11) is 0. The van der Waals surface area contributed by atoms with E-state index in [1.54, 1.807) is 5.56 Å². The first-order valence-corrected chi connectivity index (χ1v) is 14.1. The molecule has 0 saturated heterocycles. The minimum atomic E-state index is -0.688. The standard InChI is InChI=1S/C32H42O3/c1-3-7-22-16-23-17-26(35-20-21-8-5-4-6-9-21)12-13-27(23)28-14-15-31(2)29(30(22)28)18-24-10-11-25(33)19-32(24,31)34/h4-6,8-9,12-13,17,22,24-25,28-30,33-34H,3,7,10-11,14-16,18-20H2,1-2H3. The molecule has 0 heterocycles. The normalized spacial score (nSPS) is 39.8. The van der Waals surface area contributed by atoms with E-state index in [2.05, 4.69) is 56.3 Å². The summed E-state index contributed by atoms with van der Waals surface area (Å²) in [6.45, 7) is 5.31. The van der Waals surface area contributed by atoms with E-state index >= 15 is 0 Å². The molecular formula is C32H42O3. The molecular weight excluding hydrogens is 432 g/mol. The first-order chi connectivity index (χ1) is 16.9. The first kappa shape index (κ1) is 23.6. The quantitative estimate of drug-likeness (QED) is 0.510. The molecule has 2 aromatic carbocycles. The third-order valence-corrected chi connectivity index (χ3v) is 10.8. The molecule has 4 aliphatic carbocycles. The summed E-state index contributed by atoms with van der Waals surface area (Å²) in [5.41, 5.74) is 3.47. The fourth-order valence-electron chi connectivity index (χ4n) is 9.13. The van der Waals surface area contributed by atoms with Crippen molar-refractivity contribution >= 4 is 0 Å². The Kier molecular flexibility index (Phi) is 6.00. The molecule has 4 aliphatic rings. The average Bonchev–Trinajstić information content (AvgIpc) is 3.09. The van der Waals surface area contributed by atoms with Crippen LogP contribution in [0.5, 0.6) is 5.75 Å². The molecule has 0 aromatic heterocycles. The monoisotopic (exact) mass is 474 g/mol. The van der Waals surface area contributed by atoms with Crippen LogP contribution in [0.3, 0.4) is 0 Å². The summed E-state index contributed by atoms with van der Waals surface area (Å²) < 4.78 is 6.21. The van der Waals surface area contributed by atoms with Crippen molar-refractivity contribution in [1.29, 1.82) is 0 Å². The van der Waals surface area contributed by atoms with E-state index in [-0.39, 0.29) is 11.5 Å². The Labute approximate surface area is 210 Å². The van der Waals surface area contributed by atoms with Gasteiger partial charge in [-0.1, -0.05) is 63.1 Å². The lowest BCUT2D eigenvalue weighted by Crippen LogP contribution is -2.56. The van der Waals surface area contributed by atoms with E-state index in [1.165, 1.54) is 24.0 Å². The zero-order valence-corrected chi connectivity index (χ0v) is 21.5. The van der Waals surface area contributed by atoms with E-state index < -0.39 is 5.60 Å². The van der Waals surface area contributed by atoms with Gasteiger partial charge in [0.05, 0.1) is 11.7 Å². The van der Waals surface area contributed by atoms with Gasteiger partial charge in [0.2, 0.25) is 0 Å². The number of ether oxygens (including phenoxy) is 1. The molecule has 2 aromatic rings. The van der Waals surface area contributed by atoms with Crippen molar-refractivity contribution in [3.63, 3.8) is 0 Å². The van der Waals surface area contributed by atoms with Gasteiger partial charge >= 0.3 is 0 Å². The molecule has 2 N–H and O–H groups in total. The summed E-state index contributed by atoms with van der Waals surface area (Å²) in [5, 5.41) is 22.5. The van der Waals surface area contributed by atoms with Crippen LogP contribution in [0.2, 0.25) is 0 Å². The van der Waals surface area contributed by atoms with Crippen LogP contribution in [0.25, 0.3) is 0 Å². The Bertz CT molecular complexity index is 1050. The highest BCUT2D eigenvalue weighted by molar-refractivity contribution is 5.42. The SMILES string of the molecule is CCCC1Cc2cc(OCc3ccccc3)ccc2C2CCC3(C)C(CC4CCC(O)CC43O)C12. The van der Waals surface area contributed by atoms with Crippen LogP contribution in [-0.4, -0.2) is 21.9 Å². The number of benzene rings is 2. The lowest BCUT2D eigenvalue weighted by Gasteiger charge is -2.56. The van der Waals surface area contributed by atoms with E-state index in [1.807, 2.05) is 6.07 Å². The van der Waals surface area contributed by atoms with Crippen molar-refractivity contribution in [2.75, 3.05) is 0 Å². The molecule has 3 fully saturated rings. The third-order valence-electron chi connectivity index (χ3n) is 10.8. The fraction of sp³-hybridized carbons (Fsp3) is 0.625. The van der Waals surface area contributed by atoms with Gasteiger partial charge in [0.25, 0.3) is 0 Å². The lowest BCUT2D eigenvalue weighted by atomic mass is 9.49. The second-order valence-corrected chi connectivity index (χ2v) is 12.4. The second kappa shape index (κ2) is 8.92.